The Morgan fingerprint density at radius 2 is 1.54 bits per heavy atom. The van der Waals surface area contributed by atoms with Gasteiger partial charge in [0.25, 0.3) is 5.78 Å². The first kappa shape index (κ1) is 15.1. The molecule has 1 aliphatic carbocycles. The fourth-order valence-corrected chi connectivity index (χ4v) is 3.54. The van der Waals surface area contributed by atoms with Gasteiger partial charge in [0.1, 0.15) is 5.82 Å². The van der Waals surface area contributed by atoms with Crippen LogP contribution in [0.3, 0.4) is 0 Å². The molecule has 5 nitrogen and oxygen atoms in total. The van der Waals surface area contributed by atoms with Crippen molar-refractivity contribution in [1.29, 1.82) is 0 Å². The third kappa shape index (κ3) is 2.62. The lowest BCUT2D eigenvalue weighted by Gasteiger charge is -2.19. The molecule has 128 valence electrons. The highest BCUT2D eigenvalue weighted by Crippen LogP contribution is 2.30. The summed E-state index contributed by atoms with van der Waals surface area (Å²) in [7, 11) is 0. The molecule has 4 aromatic rings. The molecule has 0 aliphatic heterocycles. The first-order valence-electron chi connectivity index (χ1n) is 9.04. The Bertz CT molecular complexity index is 1050. The lowest BCUT2D eigenvalue weighted by atomic mass is 9.96. The second-order valence-corrected chi connectivity index (χ2v) is 6.60. The quantitative estimate of drug-likeness (QED) is 0.599. The van der Waals surface area contributed by atoms with Crippen LogP contribution < -0.4 is 5.32 Å². The molecule has 0 fully saturated rings. The van der Waals surface area contributed by atoms with E-state index in [1.165, 1.54) is 18.4 Å². The van der Waals surface area contributed by atoms with Crippen LogP contribution in [0.4, 0.5) is 11.5 Å². The molecule has 2 aromatic carbocycles. The van der Waals surface area contributed by atoms with E-state index in [-0.39, 0.29) is 0 Å². The fourth-order valence-electron chi connectivity index (χ4n) is 3.54. The van der Waals surface area contributed by atoms with Crippen molar-refractivity contribution in [3.8, 4) is 11.4 Å². The van der Waals surface area contributed by atoms with E-state index < -0.39 is 0 Å². The molecular formula is C21H19N5. The molecule has 0 saturated carbocycles. The van der Waals surface area contributed by atoms with Crippen molar-refractivity contribution in [2.75, 3.05) is 5.32 Å². The first-order valence-corrected chi connectivity index (χ1v) is 9.04. The maximum Gasteiger partial charge on any atom is 0.254 e. The van der Waals surface area contributed by atoms with E-state index in [0.717, 1.165) is 35.6 Å². The highest BCUT2D eigenvalue weighted by Gasteiger charge is 2.21. The van der Waals surface area contributed by atoms with E-state index in [1.807, 2.05) is 53.0 Å². The first-order chi connectivity index (χ1) is 12.9. The summed E-state index contributed by atoms with van der Waals surface area (Å²) in [6.07, 6.45) is 4.39. The lowest BCUT2D eigenvalue weighted by molar-refractivity contribution is 0.662. The van der Waals surface area contributed by atoms with Gasteiger partial charge in [0, 0.05) is 16.8 Å². The summed E-state index contributed by atoms with van der Waals surface area (Å²) in [5, 5.41) is 8.33. The second kappa shape index (κ2) is 6.26. The molecule has 2 heterocycles. The number of hydrogen-bond acceptors (Lipinski definition) is 4. The third-order valence-corrected chi connectivity index (χ3v) is 4.83. The van der Waals surface area contributed by atoms with Gasteiger partial charge < -0.3 is 5.32 Å². The molecule has 26 heavy (non-hydrogen) atoms. The molecule has 0 unspecified atom stereocenters. The average molecular weight is 341 g/mol. The predicted octanol–water partition coefficient (Wildman–Crippen LogP) is 4.41. The van der Waals surface area contributed by atoms with E-state index >= 15 is 0 Å². The summed E-state index contributed by atoms with van der Waals surface area (Å²) >= 11 is 0. The van der Waals surface area contributed by atoms with Gasteiger partial charge in [0.2, 0.25) is 0 Å². The van der Waals surface area contributed by atoms with Crippen molar-refractivity contribution in [1.82, 2.24) is 19.6 Å². The molecule has 0 radical (unpaired) electrons. The van der Waals surface area contributed by atoms with E-state index in [1.54, 1.807) is 0 Å². The number of fused-ring (bicyclic) bond motifs is 2. The smallest absolute Gasteiger partial charge is 0.254 e. The van der Waals surface area contributed by atoms with Crippen molar-refractivity contribution in [3.63, 3.8) is 0 Å². The Labute approximate surface area is 151 Å². The van der Waals surface area contributed by atoms with Crippen LogP contribution in [0.2, 0.25) is 0 Å². The van der Waals surface area contributed by atoms with Gasteiger partial charge in [-0.05, 0) is 37.8 Å². The van der Waals surface area contributed by atoms with Gasteiger partial charge in [0.05, 0.1) is 5.69 Å². The summed E-state index contributed by atoms with van der Waals surface area (Å²) in [6.45, 7) is 0. The fraction of sp³-hybridized carbons (Fsp3) is 0.190. The van der Waals surface area contributed by atoms with Crippen LogP contribution in [-0.4, -0.2) is 19.6 Å². The van der Waals surface area contributed by atoms with E-state index in [2.05, 4.69) is 17.4 Å². The van der Waals surface area contributed by atoms with Crippen LogP contribution in [0, 0.1) is 0 Å². The lowest BCUT2D eigenvalue weighted by Crippen LogP contribution is -2.13. The SMILES string of the molecule is c1ccc(Nc2c3c(nc4nc(-c5ccccc5)nn24)CCCC3)cc1. The highest BCUT2D eigenvalue weighted by molar-refractivity contribution is 5.65. The molecule has 0 spiro atoms. The standard InChI is InChI=1S/C21H19N5/c1-3-9-15(10-4-1)19-24-21-23-18-14-8-7-13-17(18)20(26(21)25-19)22-16-11-5-2-6-12-16/h1-6,9-12,22H,7-8,13-14H2. The molecule has 0 amide bonds. The number of aryl methyl sites for hydroxylation is 1. The molecule has 5 heteroatoms. The molecule has 1 aliphatic rings. The number of para-hydroxylation sites is 1. The Kier molecular flexibility index (Phi) is 3.63. The van der Waals surface area contributed by atoms with Crippen molar-refractivity contribution in [2.45, 2.75) is 25.7 Å². The maximum absolute atomic E-state index is 4.81. The van der Waals surface area contributed by atoms with Crippen LogP contribution in [0.1, 0.15) is 24.1 Å². The largest absolute Gasteiger partial charge is 0.340 e. The van der Waals surface area contributed by atoms with Gasteiger partial charge in [-0.25, -0.2) is 4.98 Å². The summed E-state index contributed by atoms with van der Waals surface area (Å²) in [4.78, 5) is 9.51. The summed E-state index contributed by atoms with van der Waals surface area (Å²) in [5.41, 5.74) is 4.46. The van der Waals surface area contributed by atoms with Gasteiger partial charge in [-0.1, -0.05) is 48.5 Å². The van der Waals surface area contributed by atoms with Gasteiger partial charge in [0.15, 0.2) is 5.82 Å². The minimum absolute atomic E-state index is 0.655. The Balaban J connectivity index is 1.70. The number of rotatable bonds is 3. The topological polar surface area (TPSA) is 55.1 Å². The molecule has 2 aromatic heterocycles. The van der Waals surface area contributed by atoms with Crippen molar-refractivity contribution >= 4 is 17.3 Å². The molecule has 1 N–H and O–H groups in total. The molecule has 0 bridgehead atoms. The van der Waals surface area contributed by atoms with Gasteiger partial charge in [-0.2, -0.15) is 9.50 Å². The minimum atomic E-state index is 0.655. The third-order valence-electron chi connectivity index (χ3n) is 4.83. The summed E-state index contributed by atoms with van der Waals surface area (Å²) in [5.74, 6) is 2.35. The number of hydrogen-bond donors (Lipinski definition) is 1. The zero-order chi connectivity index (χ0) is 17.3. The van der Waals surface area contributed by atoms with Gasteiger partial charge in [-0.15, -0.1) is 5.10 Å². The van der Waals surface area contributed by atoms with Crippen molar-refractivity contribution < 1.29 is 0 Å². The number of benzene rings is 2. The highest BCUT2D eigenvalue weighted by atomic mass is 15.4. The average Bonchev–Trinajstić information content (AvgIpc) is 3.13. The summed E-state index contributed by atoms with van der Waals surface area (Å²) in [6, 6.07) is 20.3. The van der Waals surface area contributed by atoms with Crippen LogP contribution >= 0.6 is 0 Å². The zero-order valence-electron chi connectivity index (χ0n) is 14.4. The molecule has 5 rings (SSSR count). The number of nitrogens with zero attached hydrogens (tertiary/aromatic N) is 4. The Hall–Kier alpha value is -3.21. The van der Waals surface area contributed by atoms with Gasteiger partial charge in [-0.3, -0.25) is 0 Å². The molecule has 0 atom stereocenters. The van der Waals surface area contributed by atoms with E-state index in [4.69, 9.17) is 15.1 Å². The number of anilines is 2. The second-order valence-electron chi connectivity index (χ2n) is 6.60. The van der Waals surface area contributed by atoms with Crippen LogP contribution in [0.5, 0.6) is 0 Å². The van der Waals surface area contributed by atoms with Gasteiger partial charge >= 0.3 is 0 Å². The number of aromatic nitrogens is 4. The van der Waals surface area contributed by atoms with Crippen LogP contribution in [-0.2, 0) is 12.8 Å². The summed E-state index contributed by atoms with van der Waals surface area (Å²) < 4.78 is 1.86. The zero-order valence-corrected chi connectivity index (χ0v) is 14.4. The minimum Gasteiger partial charge on any atom is -0.340 e. The number of nitrogens with one attached hydrogen (secondary N) is 1. The predicted molar refractivity (Wildman–Crippen MR) is 103 cm³/mol. The molecular weight excluding hydrogens is 322 g/mol. The van der Waals surface area contributed by atoms with E-state index in [0.29, 0.717) is 11.6 Å². The van der Waals surface area contributed by atoms with E-state index in [9.17, 15) is 0 Å². The van der Waals surface area contributed by atoms with Crippen molar-refractivity contribution in [2.24, 2.45) is 0 Å². The monoisotopic (exact) mass is 341 g/mol. The molecule has 0 saturated heterocycles. The van der Waals surface area contributed by atoms with Crippen molar-refractivity contribution in [3.05, 3.63) is 71.9 Å². The Morgan fingerprint density at radius 1 is 0.808 bits per heavy atom. The normalized spacial score (nSPS) is 13.5. The van der Waals surface area contributed by atoms with Crippen LogP contribution in [0.15, 0.2) is 60.7 Å². The maximum atomic E-state index is 4.81. The Morgan fingerprint density at radius 3 is 2.35 bits per heavy atom. The van der Waals surface area contributed by atoms with Crippen LogP contribution in [0.25, 0.3) is 17.2 Å².